The number of benzene rings is 1. The molecule has 3 aromatic rings. The quantitative estimate of drug-likeness (QED) is 0.403. The van der Waals surface area contributed by atoms with Crippen molar-refractivity contribution in [2.75, 3.05) is 4.90 Å². The number of pyridine rings is 1. The number of nitriles is 1. The summed E-state index contributed by atoms with van der Waals surface area (Å²) in [6.07, 6.45) is -4.64. The van der Waals surface area contributed by atoms with Gasteiger partial charge in [-0.1, -0.05) is 23.9 Å². The molecular weight excluding hydrogens is 457 g/mol. The van der Waals surface area contributed by atoms with Gasteiger partial charge in [0.1, 0.15) is 11.1 Å². The number of alkyl halides is 3. The highest BCUT2D eigenvalue weighted by Gasteiger charge is 2.35. The van der Waals surface area contributed by atoms with Crippen LogP contribution in [0.5, 0.6) is 0 Å². The summed E-state index contributed by atoms with van der Waals surface area (Å²) in [4.78, 5) is 22.5. The molecule has 0 saturated carbocycles. The van der Waals surface area contributed by atoms with Gasteiger partial charge in [-0.25, -0.2) is 9.97 Å². The molecule has 0 aliphatic rings. The molecule has 0 atom stereocenters. The molecule has 0 unspecified atom stereocenters. The summed E-state index contributed by atoms with van der Waals surface area (Å²) in [5.41, 5.74) is 1.99. The van der Waals surface area contributed by atoms with Crippen LogP contribution in [0.3, 0.4) is 0 Å². The first-order valence-corrected chi connectivity index (χ1v) is 11.3. The van der Waals surface area contributed by atoms with Crippen LogP contribution in [-0.2, 0) is 16.7 Å². The van der Waals surface area contributed by atoms with Crippen molar-refractivity contribution in [2.45, 2.75) is 44.7 Å². The van der Waals surface area contributed by atoms with Gasteiger partial charge in [0.05, 0.1) is 22.5 Å². The second-order valence-electron chi connectivity index (χ2n) is 7.08. The fourth-order valence-corrected chi connectivity index (χ4v) is 5.00. The maximum absolute atomic E-state index is 13.3. The Balaban J connectivity index is 1.89. The molecule has 3 rings (SSSR count). The van der Waals surface area contributed by atoms with Crippen molar-refractivity contribution < 1.29 is 18.0 Å². The van der Waals surface area contributed by atoms with Gasteiger partial charge < -0.3 is 0 Å². The number of hydrogen-bond acceptors (Lipinski definition) is 6. The van der Waals surface area contributed by atoms with Crippen LogP contribution in [0.25, 0.3) is 0 Å². The fourth-order valence-electron chi connectivity index (χ4n) is 3.07. The molecule has 2 aromatic heterocycles. The topological polar surface area (TPSA) is 69.9 Å². The molecule has 2 heterocycles. The molecule has 0 aliphatic heterocycles. The Kier molecular flexibility index (Phi) is 6.91. The van der Waals surface area contributed by atoms with Gasteiger partial charge in [-0.2, -0.15) is 18.4 Å². The van der Waals surface area contributed by atoms with E-state index in [0.29, 0.717) is 10.8 Å². The molecule has 5 nitrogen and oxygen atoms in total. The number of amides is 1. The molecule has 0 spiro atoms. The van der Waals surface area contributed by atoms with Crippen LogP contribution in [0.4, 0.5) is 24.0 Å². The second-order valence-corrected chi connectivity index (χ2v) is 8.89. The van der Waals surface area contributed by atoms with Crippen molar-refractivity contribution in [2.24, 2.45) is 0 Å². The van der Waals surface area contributed by atoms with Crippen molar-refractivity contribution in [3.63, 3.8) is 0 Å². The highest BCUT2D eigenvalue weighted by atomic mass is 32.2. The zero-order valence-electron chi connectivity index (χ0n) is 17.7. The van der Waals surface area contributed by atoms with Crippen LogP contribution in [-0.4, -0.2) is 15.9 Å². The average Bonchev–Trinajstić information content (AvgIpc) is 3.17. The Morgan fingerprint density at radius 1 is 1.25 bits per heavy atom. The molecule has 32 heavy (non-hydrogen) atoms. The molecule has 0 N–H and O–H groups in total. The first kappa shape index (κ1) is 23.8. The number of carbonyl (C=O) groups is 1. The van der Waals surface area contributed by atoms with E-state index in [0.717, 1.165) is 34.6 Å². The molecule has 0 aliphatic carbocycles. The number of halogens is 3. The molecular formula is C22H19F3N4OS2. The molecule has 166 valence electrons. The lowest BCUT2D eigenvalue weighted by Gasteiger charge is -2.21. The normalized spacial score (nSPS) is 11.3. The number of aromatic nitrogens is 2. The Morgan fingerprint density at radius 2 is 1.97 bits per heavy atom. The monoisotopic (exact) mass is 476 g/mol. The SMILES string of the molecule is CC(=O)N(c1nc(CSc2nc(C)cc(C(F)(F)F)c2C#N)cs1)c1cccc(C)c1C. The van der Waals surface area contributed by atoms with Crippen molar-refractivity contribution >= 4 is 39.8 Å². The van der Waals surface area contributed by atoms with Gasteiger partial charge in [0.15, 0.2) is 5.13 Å². The van der Waals surface area contributed by atoms with Crippen LogP contribution in [0, 0.1) is 32.1 Å². The van der Waals surface area contributed by atoms with Gasteiger partial charge in [-0.3, -0.25) is 9.69 Å². The van der Waals surface area contributed by atoms with Crippen LogP contribution in [0.15, 0.2) is 34.7 Å². The molecule has 1 aromatic carbocycles. The van der Waals surface area contributed by atoms with Crippen molar-refractivity contribution in [1.82, 2.24) is 9.97 Å². The Hall–Kier alpha value is -2.90. The first-order valence-electron chi connectivity index (χ1n) is 9.46. The Bertz CT molecular complexity index is 1210. The van der Waals surface area contributed by atoms with Crippen molar-refractivity contribution in [3.05, 3.63) is 63.3 Å². The van der Waals surface area contributed by atoms with E-state index in [9.17, 15) is 23.2 Å². The lowest BCUT2D eigenvalue weighted by atomic mass is 10.1. The van der Waals surface area contributed by atoms with Gasteiger partial charge in [-0.15, -0.1) is 11.3 Å². The number of aryl methyl sites for hydroxylation is 2. The van der Waals surface area contributed by atoms with Crippen molar-refractivity contribution in [1.29, 1.82) is 5.26 Å². The van der Waals surface area contributed by atoms with Crippen LogP contribution >= 0.6 is 23.1 Å². The first-order chi connectivity index (χ1) is 15.0. The largest absolute Gasteiger partial charge is 0.417 e. The highest BCUT2D eigenvalue weighted by Crippen LogP contribution is 2.37. The number of hydrogen-bond donors (Lipinski definition) is 0. The third kappa shape index (κ3) is 4.95. The number of thiazole rings is 1. The van der Waals surface area contributed by atoms with Gasteiger partial charge in [0, 0.05) is 23.8 Å². The van der Waals surface area contributed by atoms with Gasteiger partial charge in [0.25, 0.3) is 0 Å². The van der Waals surface area contributed by atoms with E-state index in [1.165, 1.54) is 30.1 Å². The van der Waals surface area contributed by atoms with E-state index in [1.54, 1.807) is 11.4 Å². The van der Waals surface area contributed by atoms with Gasteiger partial charge in [-0.05, 0) is 44.0 Å². The number of rotatable bonds is 5. The third-order valence-electron chi connectivity index (χ3n) is 4.75. The van der Waals surface area contributed by atoms with E-state index in [-0.39, 0.29) is 22.4 Å². The van der Waals surface area contributed by atoms with E-state index < -0.39 is 17.3 Å². The molecule has 10 heteroatoms. The van der Waals surface area contributed by atoms with Crippen molar-refractivity contribution in [3.8, 4) is 6.07 Å². The average molecular weight is 477 g/mol. The number of thioether (sulfide) groups is 1. The summed E-state index contributed by atoms with van der Waals surface area (Å²) >= 11 is 2.28. The van der Waals surface area contributed by atoms with Crippen LogP contribution < -0.4 is 4.90 Å². The molecule has 0 radical (unpaired) electrons. The zero-order valence-corrected chi connectivity index (χ0v) is 19.4. The van der Waals surface area contributed by atoms with Crippen LogP contribution in [0.1, 0.15) is 40.6 Å². The van der Waals surface area contributed by atoms with Gasteiger partial charge >= 0.3 is 6.18 Å². The van der Waals surface area contributed by atoms with E-state index in [4.69, 9.17) is 0 Å². The zero-order chi connectivity index (χ0) is 23.6. The highest BCUT2D eigenvalue weighted by molar-refractivity contribution is 7.98. The minimum atomic E-state index is -4.64. The molecule has 0 fully saturated rings. The number of carbonyl (C=O) groups excluding carboxylic acids is 1. The maximum Gasteiger partial charge on any atom is 0.417 e. The lowest BCUT2D eigenvalue weighted by Crippen LogP contribution is -2.23. The summed E-state index contributed by atoms with van der Waals surface area (Å²) in [6.45, 7) is 6.79. The minimum absolute atomic E-state index is 0.00678. The smallest absolute Gasteiger partial charge is 0.274 e. The number of anilines is 2. The Morgan fingerprint density at radius 3 is 2.59 bits per heavy atom. The predicted octanol–water partition coefficient (Wildman–Crippen LogP) is 6.33. The summed E-state index contributed by atoms with van der Waals surface area (Å²) in [7, 11) is 0. The number of nitrogens with zero attached hydrogens (tertiary/aromatic N) is 4. The predicted molar refractivity (Wildman–Crippen MR) is 119 cm³/mol. The lowest BCUT2D eigenvalue weighted by molar-refractivity contribution is -0.138. The van der Waals surface area contributed by atoms with E-state index in [2.05, 4.69) is 9.97 Å². The maximum atomic E-state index is 13.3. The van der Waals surface area contributed by atoms with Crippen LogP contribution in [0.2, 0.25) is 0 Å². The third-order valence-corrected chi connectivity index (χ3v) is 6.63. The fraction of sp³-hybridized carbons (Fsp3) is 0.273. The summed E-state index contributed by atoms with van der Waals surface area (Å²) in [6, 6.07) is 8.17. The summed E-state index contributed by atoms with van der Waals surface area (Å²) in [5, 5.41) is 11.5. The van der Waals surface area contributed by atoms with E-state index in [1.807, 2.05) is 32.0 Å². The summed E-state index contributed by atoms with van der Waals surface area (Å²) in [5.74, 6) is 0.00600. The van der Waals surface area contributed by atoms with Gasteiger partial charge in [0.2, 0.25) is 5.91 Å². The minimum Gasteiger partial charge on any atom is -0.274 e. The van der Waals surface area contributed by atoms with E-state index >= 15 is 0 Å². The molecule has 1 amide bonds. The Labute approximate surface area is 191 Å². The standard InChI is InChI=1S/C22H19F3N4OS2/c1-12-6-5-7-19(14(12)3)29(15(4)30)21-28-16(11-32-21)10-31-20-17(9-26)18(22(23,24)25)8-13(2)27-20/h5-8,11H,10H2,1-4H3. The molecule has 0 bridgehead atoms. The summed E-state index contributed by atoms with van der Waals surface area (Å²) < 4.78 is 39.9. The molecule has 0 saturated heterocycles. The second kappa shape index (κ2) is 9.30.